The lowest BCUT2D eigenvalue weighted by Crippen LogP contribution is -2.45. The lowest BCUT2D eigenvalue weighted by Gasteiger charge is -2.12. The van der Waals surface area contributed by atoms with Crippen LogP contribution in [-0.2, 0) is 14.4 Å². The molecule has 0 saturated heterocycles. The number of aliphatic imine (C=N–C) groups is 1. The van der Waals surface area contributed by atoms with Crippen LogP contribution in [0.2, 0.25) is 0 Å². The van der Waals surface area contributed by atoms with Gasteiger partial charge in [0.15, 0.2) is 0 Å². The molecular weight excluding hydrogens is 216 g/mol. The number of nitrogens with zero attached hydrogens (tertiary/aromatic N) is 1. The SMILES string of the molecule is CC(=O)NC(CC1=NC(O)NC1=O)C(N)=O. The molecule has 3 amide bonds. The molecule has 16 heavy (non-hydrogen) atoms. The number of hydrogen-bond acceptors (Lipinski definition) is 5. The van der Waals surface area contributed by atoms with Crippen LogP contribution in [0.15, 0.2) is 4.99 Å². The second kappa shape index (κ2) is 4.71. The van der Waals surface area contributed by atoms with E-state index in [-0.39, 0.29) is 12.1 Å². The van der Waals surface area contributed by atoms with Gasteiger partial charge in [-0.25, -0.2) is 4.99 Å². The van der Waals surface area contributed by atoms with E-state index in [1.54, 1.807) is 0 Å². The Bertz CT molecular complexity index is 365. The quantitative estimate of drug-likeness (QED) is 0.414. The van der Waals surface area contributed by atoms with Crippen LogP contribution in [0.5, 0.6) is 0 Å². The van der Waals surface area contributed by atoms with Crippen molar-refractivity contribution < 1.29 is 19.5 Å². The summed E-state index contributed by atoms with van der Waals surface area (Å²) in [5.41, 5.74) is 5.02. The second-order valence-corrected chi connectivity index (χ2v) is 3.28. The van der Waals surface area contributed by atoms with Gasteiger partial charge in [-0.2, -0.15) is 0 Å². The monoisotopic (exact) mass is 228 g/mol. The van der Waals surface area contributed by atoms with Gasteiger partial charge in [-0.3, -0.25) is 14.4 Å². The molecule has 1 heterocycles. The minimum atomic E-state index is -1.30. The van der Waals surface area contributed by atoms with Crippen LogP contribution in [0.3, 0.4) is 0 Å². The highest BCUT2D eigenvalue weighted by Crippen LogP contribution is 2.03. The maximum atomic E-state index is 11.2. The molecule has 0 spiro atoms. The largest absolute Gasteiger partial charge is 0.368 e. The smallest absolute Gasteiger partial charge is 0.268 e. The summed E-state index contributed by atoms with van der Waals surface area (Å²) in [6.07, 6.45) is -1.44. The maximum absolute atomic E-state index is 11.2. The van der Waals surface area contributed by atoms with Crippen molar-refractivity contribution in [2.75, 3.05) is 0 Å². The minimum Gasteiger partial charge on any atom is -0.368 e. The van der Waals surface area contributed by atoms with Gasteiger partial charge in [-0.05, 0) is 0 Å². The lowest BCUT2D eigenvalue weighted by atomic mass is 10.1. The van der Waals surface area contributed by atoms with Crippen molar-refractivity contribution >= 4 is 23.4 Å². The molecule has 5 N–H and O–H groups in total. The van der Waals surface area contributed by atoms with Gasteiger partial charge in [-0.15, -0.1) is 0 Å². The number of aliphatic hydroxyl groups is 1. The Morgan fingerprint density at radius 1 is 1.69 bits per heavy atom. The highest BCUT2D eigenvalue weighted by molar-refractivity contribution is 6.40. The molecule has 88 valence electrons. The Morgan fingerprint density at radius 3 is 2.69 bits per heavy atom. The molecule has 8 nitrogen and oxygen atoms in total. The summed E-state index contributed by atoms with van der Waals surface area (Å²) in [7, 11) is 0. The van der Waals surface area contributed by atoms with Crippen LogP contribution >= 0.6 is 0 Å². The fraction of sp³-hybridized carbons (Fsp3) is 0.500. The van der Waals surface area contributed by atoms with E-state index in [0.717, 1.165) is 0 Å². The van der Waals surface area contributed by atoms with Crippen molar-refractivity contribution in [2.24, 2.45) is 10.7 Å². The fourth-order valence-corrected chi connectivity index (χ4v) is 1.25. The van der Waals surface area contributed by atoms with Crippen LogP contribution in [0.4, 0.5) is 0 Å². The summed E-state index contributed by atoms with van der Waals surface area (Å²) in [5.74, 6) is -1.79. The lowest BCUT2D eigenvalue weighted by molar-refractivity contribution is -0.126. The van der Waals surface area contributed by atoms with Crippen LogP contribution in [0.25, 0.3) is 0 Å². The molecule has 0 fully saturated rings. The summed E-state index contributed by atoms with van der Waals surface area (Å²) < 4.78 is 0. The van der Waals surface area contributed by atoms with Crippen molar-refractivity contribution in [3.05, 3.63) is 0 Å². The number of aliphatic hydroxyl groups excluding tert-OH is 1. The van der Waals surface area contributed by atoms with E-state index in [2.05, 4.69) is 15.6 Å². The van der Waals surface area contributed by atoms with Gasteiger partial charge in [0, 0.05) is 13.3 Å². The average molecular weight is 228 g/mol. The Hall–Kier alpha value is -1.96. The summed E-state index contributed by atoms with van der Waals surface area (Å²) in [6.45, 7) is 1.22. The van der Waals surface area contributed by atoms with Gasteiger partial charge >= 0.3 is 0 Å². The molecule has 0 radical (unpaired) electrons. The number of carbonyl (C=O) groups excluding carboxylic acids is 3. The molecular formula is C8H12N4O4. The van der Waals surface area contributed by atoms with Crippen molar-refractivity contribution in [1.82, 2.24) is 10.6 Å². The normalized spacial score (nSPS) is 21.0. The highest BCUT2D eigenvalue weighted by Gasteiger charge is 2.28. The number of primary amides is 1. The van der Waals surface area contributed by atoms with E-state index >= 15 is 0 Å². The number of nitrogens with one attached hydrogen (secondary N) is 2. The molecule has 1 aliphatic heterocycles. The van der Waals surface area contributed by atoms with Crippen molar-refractivity contribution in [1.29, 1.82) is 0 Å². The van der Waals surface area contributed by atoms with E-state index in [1.165, 1.54) is 6.92 Å². The van der Waals surface area contributed by atoms with Gasteiger partial charge < -0.3 is 21.5 Å². The summed E-state index contributed by atoms with van der Waals surface area (Å²) in [6, 6.07) is -1.01. The first-order valence-corrected chi connectivity index (χ1v) is 4.52. The first-order chi connectivity index (χ1) is 7.40. The van der Waals surface area contributed by atoms with E-state index in [9.17, 15) is 14.4 Å². The standard InChI is InChI=1S/C8H12N4O4/c1-3(13)10-4(6(9)14)2-5-7(15)12-8(16)11-5/h4,8,16H,2H2,1H3,(H2,9,14)(H,10,13)(H,12,15). The maximum Gasteiger partial charge on any atom is 0.268 e. The van der Waals surface area contributed by atoms with Crippen molar-refractivity contribution in [2.45, 2.75) is 25.7 Å². The average Bonchev–Trinajstić information content (AvgIpc) is 2.43. The molecule has 0 saturated carbocycles. The van der Waals surface area contributed by atoms with Gasteiger partial charge in [0.05, 0.1) is 0 Å². The van der Waals surface area contributed by atoms with Crippen LogP contribution in [-0.4, -0.2) is 40.9 Å². The molecule has 0 aromatic rings. The Labute approximate surface area is 90.9 Å². The first kappa shape index (κ1) is 12.1. The Kier molecular flexibility index (Phi) is 3.56. The molecule has 0 aliphatic carbocycles. The zero-order valence-corrected chi connectivity index (χ0v) is 8.56. The van der Waals surface area contributed by atoms with Crippen LogP contribution < -0.4 is 16.4 Å². The molecule has 2 unspecified atom stereocenters. The first-order valence-electron chi connectivity index (χ1n) is 4.52. The summed E-state index contributed by atoms with van der Waals surface area (Å²) >= 11 is 0. The van der Waals surface area contributed by atoms with E-state index < -0.39 is 30.1 Å². The second-order valence-electron chi connectivity index (χ2n) is 3.28. The third-order valence-corrected chi connectivity index (χ3v) is 1.92. The molecule has 0 bridgehead atoms. The number of carbonyl (C=O) groups is 3. The fourth-order valence-electron chi connectivity index (χ4n) is 1.25. The van der Waals surface area contributed by atoms with Crippen molar-refractivity contribution in [3.8, 4) is 0 Å². The third-order valence-electron chi connectivity index (χ3n) is 1.92. The number of nitrogens with two attached hydrogens (primary N) is 1. The third kappa shape index (κ3) is 3.02. The highest BCUT2D eigenvalue weighted by atomic mass is 16.3. The minimum absolute atomic E-state index is 0.0231. The van der Waals surface area contributed by atoms with Gasteiger partial charge in [-0.1, -0.05) is 0 Å². The Balaban J connectivity index is 2.69. The predicted octanol–water partition coefficient (Wildman–Crippen LogP) is -2.79. The Morgan fingerprint density at radius 2 is 2.31 bits per heavy atom. The van der Waals surface area contributed by atoms with Gasteiger partial charge in [0.1, 0.15) is 11.8 Å². The number of amides is 3. The van der Waals surface area contributed by atoms with E-state index in [4.69, 9.17) is 10.8 Å². The molecule has 1 rings (SSSR count). The number of hydrogen-bond donors (Lipinski definition) is 4. The number of rotatable bonds is 4. The topological polar surface area (TPSA) is 134 Å². The predicted molar refractivity (Wildman–Crippen MR) is 53.0 cm³/mol. The summed E-state index contributed by atoms with van der Waals surface area (Å²) in [4.78, 5) is 36.5. The molecule has 0 aromatic heterocycles. The van der Waals surface area contributed by atoms with Gasteiger partial charge in [0.25, 0.3) is 5.91 Å². The van der Waals surface area contributed by atoms with E-state index in [0.29, 0.717) is 0 Å². The summed E-state index contributed by atoms with van der Waals surface area (Å²) in [5, 5.41) is 13.4. The van der Waals surface area contributed by atoms with Crippen LogP contribution in [0, 0.1) is 0 Å². The zero-order valence-electron chi connectivity index (χ0n) is 8.56. The molecule has 0 aromatic carbocycles. The van der Waals surface area contributed by atoms with Crippen LogP contribution in [0.1, 0.15) is 13.3 Å². The molecule has 8 heteroatoms. The molecule has 1 aliphatic rings. The molecule has 2 atom stereocenters. The van der Waals surface area contributed by atoms with Crippen molar-refractivity contribution in [3.63, 3.8) is 0 Å². The van der Waals surface area contributed by atoms with Gasteiger partial charge in [0.2, 0.25) is 18.2 Å². The zero-order chi connectivity index (χ0) is 12.3. The van der Waals surface area contributed by atoms with E-state index in [1.807, 2.05) is 0 Å².